The molecule has 9 N–H and O–H groups in total. The minimum absolute atomic E-state index is 0.0466. The van der Waals surface area contributed by atoms with Gasteiger partial charge in [0.25, 0.3) is 0 Å². The van der Waals surface area contributed by atoms with Crippen molar-refractivity contribution in [2.45, 2.75) is 49.9 Å². The number of para-hydroxylation sites is 1. The molecule has 1 aromatic heterocycles. The molecular formula is C24H31N5O9S. The van der Waals surface area contributed by atoms with Crippen LogP contribution in [0.1, 0.15) is 24.8 Å². The lowest BCUT2D eigenvalue weighted by molar-refractivity contribution is -0.147. The van der Waals surface area contributed by atoms with Crippen LogP contribution in [0.4, 0.5) is 0 Å². The van der Waals surface area contributed by atoms with Crippen LogP contribution in [-0.2, 0) is 35.2 Å². The molecule has 3 amide bonds. The predicted molar refractivity (Wildman–Crippen MR) is 141 cm³/mol. The van der Waals surface area contributed by atoms with Gasteiger partial charge in [-0.2, -0.15) is 11.8 Å². The van der Waals surface area contributed by atoms with Gasteiger partial charge in [0.2, 0.25) is 17.7 Å². The standard InChI is InChI=1S/C24H31N5O9S/c1-39-7-6-16(22(35)29-18(24(37)38)10-20(32)33)27-23(36)17(28-21(34)14(25)9-19(30)31)8-12-11-26-15-5-3-2-4-13(12)15/h2-5,11,14,16-18,26H,6-10,25H2,1H3,(H,27,36)(H,28,34)(H,29,35)(H,30,31)(H,32,33)(H,37,38). The van der Waals surface area contributed by atoms with Gasteiger partial charge in [0.1, 0.15) is 18.1 Å². The summed E-state index contributed by atoms with van der Waals surface area (Å²) >= 11 is 1.36. The van der Waals surface area contributed by atoms with Gasteiger partial charge in [-0.05, 0) is 30.1 Å². The van der Waals surface area contributed by atoms with Gasteiger partial charge in [-0.1, -0.05) is 18.2 Å². The zero-order valence-electron chi connectivity index (χ0n) is 21.0. The molecular weight excluding hydrogens is 534 g/mol. The largest absolute Gasteiger partial charge is 0.481 e. The number of aliphatic carboxylic acids is 3. The number of hydrogen-bond donors (Lipinski definition) is 8. The second-order valence-electron chi connectivity index (χ2n) is 8.67. The van der Waals surface area contributed by atoms with Gasteiger partial charge in [0.15, 0.2) is 0 Å². The number of carbonyl (C=O) groups excluding carboxylic acids is 3. The third kappa shape index (κ3) is 9.61. The van der Waals surface area contributed by atoms with Gasteiger partial charge in [-0.15, -0.1) is 0 Å². The molecule has 0 saturated heterocycles. The van der Waals surface area contributed by atoms with E-state index in [1.54, 1.807) is 24.6 Å². The van der Waals surface area contributed by atoms with Crippen molar-refractivity contribution in [2.24, 2.45) is 5.73 Å². The molecule has 0 aliphatic carbocycles. The second kappa shape index (κ2) is 14.7. The van der Waals surface area contributed by atoms with Crippen molar-refractivity contribution in [3.63, 3.8) is 0 Å². The van der Waals surface area contributed by atoms with E-state index < -0.39 is 72.6 Å². The number of thioether (sulfide) groups is 1. The Morgan fingerprint density at radius 3 is 2.08 bits per heavy atom. The van der Waals surface area contributed by atoms with Crippen molar-refractivity contribution in [2.75, 3.05) is 12.0 Å². The molecule has 0 radical (unpaired) electrons. The lowest BCUT2D eigenvalue weighted by Crippen LogP contribution is -2.58. The first-order chi connectivity index (χ1) is 18.4. The van der Waals surface area contributed by atoms with Crippen LogP contribution < -0.4 is 21.7 Å². The number of fused-ring (bicyclic) bond motifs is 1. The van der Waals surface area contributed by atoms with Crippen molar-refractivity contribution in [1.82, 2.24) is 20.9 Å². The fourth-order valence-corrected chi connectivity index (χ4v) is 4.18. The molecule has 0 aliphatic heterocycles. The molecule has 4 atom stereocenters. The quantitative estimate of drug-likeness (QED) is 0.126. The van der Waals surface area contributed by atoms with Crippen LogP contribution in [0.3, 0.4) is 0 Å². The number of aromatic nitrogens is 1. The first-order valence-corrected chi connectivity index (χ1v) is 13.2. The van der Waals surface area contributed by atoms with E-state index in [-0.39, 0.29) is 12.8 Å². The first-order valence-electron chi connectivity index (χ1n) is 11.8. The normalized spacial score (nSPS) is 14.0. The molecule has 0 saturated carbocycles. The van der Waals surface area contributed by atoms with Crippen molar-refractivity contribution in [3.05, 3.63) is 36.0 Å². The SMILES string of the molecule is CSCCC(NC(=O)C(Cc1c[nH]c2ccccc12)NC(=O)C(N)CC(=O)O)C(=O)NC(CC(=O)O)C(=O)O. The highest BCUT2D eigenvalue weighted by molar-refractivity contribution is 7.98. The Balaban J connectivity index is 2.30. The molecule has 1 aromatic carbocycles. The monoisotopic (exact) mass is 565 g/mol. The van der Waals surface area contributed by atoms with E-state index in [2.05, 4.69) is 20.9 Å². The lowest BCUT2D eigenvalue weighted by atomic mass is 10.0. The molecule has 2 aromatic rings. The van der Waals surface area contributed by atoms with Gasteiger partial charge >= 0.3 is 17.9 Å². The molecule has 15 heteroatoms. The number of carbonyl (C=O) groups is 6. The molecule has 0 bridgehead atoms. The molecule has 2 rings (SSSR count). The number of nitrogens with two attached hydrogens (primary N) is 1. The number of H-pyrrole nitrogens is 1. The highest BCUT2D eigenvalue weighted by atomic mass is 32.2. The summed E-state index contributed by atoms with van der Waals surface area (Å²) in [5, 5.41) is 35.0. The molecule has 0 spiro atoms. The molecule has 212 valence electrons. The first kappa shape index (κ1) is 31.1. The summed E-state index contributed by atoms with van der Waals surface area (Å²) in [6.45, 7) is 0. The van der Waals surface area contributed by atoms with Crippen molar-refractivity contribution in [3.8, 4) is 0 Å². The minimum atomic E-state index is -1.72. The lowest BCUT2D eigenvalue weighted by Gasteiger charge is -2.25. The third-order valence-electron chi connectivity index (χ3n) is 5.70. The van der Waals surface area contributed by atoms with Gasteiger partial charge < -0.3 is 42.0 Å². The number of carboxylic acids is 3. The maximum atomic E-state index is 13.4. The summed E-state index contributed by atoms with van der Waals surface area (Å²) in [5.74, 6) is -6.52. The fourth-order valence-electron chi connectivity index (χ4n) is 3.71. The number of carboxylic acid groups (broad SMARTS) is 3. The maximum absolute atomic E-state index is 13.4. The number of hydrogen-bond acceptors (Lipinski definition) is 8. The van der Waals surface area contributed by atoms with Crippen molar-refractivity contribution < 1.29 is 44.1 Å². The zero-order chi connectivity index (χ0) is 29.1. The summed E-state index contributed by atoms with van der Waals surface area (Å²) in [6.07, 6.45) is 1.89. The van der Waals surface area contributed by atoms with Crippen LogP contribution in [0, 0.1) is 0 Å². The summed E-state index contributed by atoms with van der Waals surface area (Å²) in [5.41, 5.74) is 7.09. The van der Waals surface area contributed by atoms with Gasteiger partial charge in [0, 0.05) is 23.5 Å². The summed E-state index contributed by atoms with van der Waals surface area (Å²) < 4.78 is 0. The molecule has 4 unspecified atom stereocenters. The van der Waals surface area contributed by atoms with Crippen LogP contribution in [-0.4, -0.2) is 92.1 Å². The van der Waals surface area contributed by atoms with Crippen LogP contribution in [0.2, 0.25) is 0 Å². The van der Waals surface area contributed by atoms with Gasteiger partial charge in [-0.3, -0.25) is 24.0 Å². The highest BCUT2D eigenvalue weighted by Gasteiger charge is 2.31. The van der Waals surface area contributed by atoms with E-state index in [0.717, 1.165) is 10.9 Å². The fraction of sp³-hybridized carbons (Fsp3) is 0.417. The third-order valence-corrected chi connectivity index (χ3v) is 6.34. The van der Waals surface area contributed by atoms with Crippen LogP contribution in [0.25, 0.3) is 10.9 Å². The summed E-state index contributed by atoms with van der Waals surface area (Å²) in [4.78, 5) is 75.3. The number of rotatable bonds is 16. The van der Waals surface area contributed by atoms with Crippen molar-refractivity contribution in [1.29, 1.82) is 0 Å². The highest BCUT2D eigenvalue weighted by Crippen LogP contribution is 2.19. The smallest absolute Gasteiger partial charge is 0.326 e. The van der Waals surface area contributed by atoms with Crippen LogP contribution in [0.5, 0.6) is 0 Å². The van der Waals surface area contributed by atoms with Crippen LogP contribution >= 0.6 is 11.8 Å². The Kier molecular flexibility index (Phi) is 11.7. The zero-order valence-corrected chi connectivity index (χ0v) is 21.8. The van der Waals surface area contributed by atoms with E-state index in [4.69, 9.17) is 15.9 Å². The topological polar surface area (TPSA) is 241 Å². The Morgan fingerprint density at radius 2 is 1.46 bits per heavy atom. The Morgan fingerprint density at radius 1 is 0.872 bits per heavy atom. The van der Waals surface area contributed by atoms with E-state index in [1.807, 2.05) is 12.1 Å². The Hall–Kier alpha value is -4.11. The van der Waals surface area contributed by atoms with E-state index >= 15 is 0 Å². The van der Waals surface area contributed by atoms with E-state index in [9.17, 15) is 33.9 Å². The second-order valence-corrected chi connectivity index (χ2v) is 9.65. The average Bonchev–Trinajstić information content (AvgIpc) is 3.27. The maximum Gasteiger partial charge on any atom is 0.326 e. The van der Waals surface area contributed by atoms with E-state index in [0.29, 0.717) is 11.3 Å². The molecule has 1 heterocycles. The molecule has 14 nitrogen and oxygen atoms in total. The molecule has 0 aliphatic rings. The van der Waals surface area contributed by atoms with Gasteiger partial charge in [-0.25, -0.2) is 4.79 Å². The number of benzene rings is 1. The number of aromatic amines is 1. The number of nitrogens with one attached hydrogen (secondary N) is 4. The average molecular weight is 566 g/mol. The minimum Gasteiger partial charge on any atom is -0.481 e. The summed E-state index contributed by atoms with van der Waals surface area (Å²) in [6, 6.07) is 1.51. The van der Waals surface area contributed by atoms with Gasteiger partial charge in [0.05, 0.1) is 18.9 Å². The van der Waals surface area contributed by atoms with Crippen molar-refractivity contribution >= 4 is 58.3 Å². The predicted octanol–water partition coefficient (Wildman–Crippen LogP) is -0.721. The Labute approximate surface area is 227 Å². The van der Waals surface area contributed by atoms with Crippen LogP contribution in [0.15, 0.2) is 30.5 Å². The molecule has 39 heavy (non-hydrogen) atoms. The van der Waals surface area contributed by atoms with E-state index in [1.165, 1.54) is 11.8 Å². The summed E-state index contributed by atoms with van der Waals surface area (Å²) in [7, 11) is 0. The number of amides is 3. The Bertz CT molecular complexity index is 1220. The molecule has 0 fully saturated rings.